The predicted molar refractivity (Wildman–Crippen MR) is 91.0 cm³/mol. The van der Waals surface area contributed by atoms with Crippen LogP contribution in [0.1, 0.15) is 18.4 Å². The Bertz CT molecular complexity index is 660. The highest BCUT2D eigenvalue weighted by Crippen LogP contribution is 2.39. The lowest BCUT2D eigenvalue weighted by Gasteiger charge is -2.14. The van der Waals surface area contributed by atoms with Gasteiger partial charge in [0.15, 0.2) is 5.75 Å². The van der Waals surface area contributed by atoms with Gasteiger partial charge in [0.1, 0.15) is 11.5 Å². The second-order valence-electron chi connectivity index (χ2n) is 4.65. The van der Waals surface area contributed by atoms with E-state index in [1.54, 1.807) is 50.4 Å². The molecule has 0 fully saturated rings. The summed E-state index contributed by atoms with van der Waals surface area (Å²) in [6, 6.07) is 10.7. The summed E-state index contributed by atoms with van der Waals surface area (Å²) in [5.41, 5.74) is 0.688. The molecule has 0 saturated heterocycles. The van der Waals surface area contributed by atoms with Gasteiger partial charge in [0, 0.05) is 0 Å². The van der Waals surface area contributed by atoms with Crippen LogP contribution in [0.15, 0.2) is 45.3 Å². The SMILES string of the molecule is COc1ccc(Oc2c(Br)cc(C(C)C(=O)O)cc2Br)cc1. The van der Waals surface area contributed by atoms with Crippen molar-refractivity contribution in [3.63, 3.8) is 0 Å². The molecule has 6 heteroatoms. The number of carboxylic acid groups (broad SMARTS) is 1. The zero-order valence-electron chi connectivity index (χ0n) is 12.0. The Balaban J connectivity index is 2.29. The number of aliphatic carboxylic acids is 1. The van der Waals surface area contributed by atoms with Crippen molar-refractivity contribution in [2.75, 3.05) is 7.11 Å². The average Bonchev–Trinajstić information content (AvgIpc) is 2.50. The lowest BCUT2D eigenvalue weighted by molar-refractivity contribution is -0.138. The monoisotopic (exact) mass is 428 g/mol. The minimum Gasteiger partial charge on any atom is -0.497 e. The Morgan fingerprint density at radius 2 is 1.59 bits per heavy atom. The van der Waals surface area contributed by atoms with Crippen LogP contribution in [0.3, 0.4) is 0 Å². The third-order valence-electron chi connectivity index (χ3n) is 3.17. The van der Waals surface area contributed by atoms with Gasteiger partial charge in [0.05, 0.1) is 22.0 Å². The molecule has 2 aromatic rings. The summed E-state index contributed by atoms with van der Waals surface area (Å²) in [6.45, 7) is 1.64. The predicted octanol–water partition coefficient (Wildman–Crippen LogP) is 5.20. The van der Waals surface area contributed by atoms with Gasteiger partial charge in [-0.25, -0.2) is 0 Å². The van der Waals surface area contributed by atoms with Gasteiger partial charge in [-0.05, 0) is 80.7 Å². The fourth-order valence-corrected chi connectivity index (χ4v) is 3.21. The van der Waals surface area contributed by atoms with Crippen molar-refractivity contribution in [1.82, 2.24) is 0 Å². The first-order chi connectivity index (χ1) is 10.4. The van der Waals surface area contributed by atoms with E-state index < -0.39 is 11.9 Å². The Morgan fingerprint density at radius 1 is 1.09 bits per heavy atom. The van der Waals surface area contributed by atoms with Crippen LogP contribution in [0.4, 0.5) is 0 Å². The number of hydrogen-bond acceptors (Lipinski definition) is 3. The van der Waals surface area contributed by atoms with E-state index in [9.17, 15) is 4.79 Å². The summed E-state index contributed by atoms with van der Waals surface area (Å²) in [5.74, 6) is 0.522. The number of carbonyl (C=O) groups is 1. The molecular formula is C16H14Br2O4. The number of rotatable bonds is 5. The third-order valence-corrected chi connectivity index (χ3v) is 4.35. The molecule has 1 N–H and O–H groups in total. The van der Waals surface area contributed by atoms with Crippen molar-refractivity contribution in [3.05, 3.63) is 50.9 Å². The molecule has 1 unspecified atom stereocenters. The Hall–Kier alpha value is -1.53. The molecule has 0 heterocycles. The molecule has 0 saturated carbocycles. The van der Waals surface area contributed by atoms with Crippen molar-refractivity contribution >= 4 is 37.8 Å². The fourth-order valence-electron chi connectivity index (χ4n) is 1.83. The maximum Gasteiger partial charge on any atom is 0.310 e. The first-order valence-corrected chi connectivity index (χ1v) is 8.04. The van der Waals surface area contributed by atoms with Gasteiger partial charge in [-0.1, -0.05) is 0 Å². The molecular weight excluding hydrogens is 416 g/mol. The highest BCUT2D eigenvalue weighted by atomic mass is 79.9. The molecule has 22 heavy (non-hydrogen) atoms. The van der Waals surface area contributed by atoms with Crippen molar-refractivity contribution in [3.8, 4) is 17.2 Å². The van der Waals surface area contributed by atoms with E-state index in [-0.39, 0.29) is 0 Å². The van der Waals surface area contributed by atoms with E-state index in [4.69, 9.17) is 14.6 Å². The minimum atomic E-state index is -0.873. The normalized spacial score (nSPS) is 11.8. The van der Waals surface area contributed by atoms with Gasteiger partial charge >= 0.3 is 5.97 Å². The molecule has 0 spiro atoms. The van der Waals surface area contributed by atoms with Gasteiger partial charge in [-0.15, -0.1) is 0 Å². The molecule has 2 rings (SSSR count). The first-order valence-electron chi connectivity index (χ1n) is 6.46. The van der Waals surface area contributed by atoms with E-state index in [2.05, 4.69) is 31.9 Å². The molecule has 0 aliphatic rings. The average molecular weight is 430 g/mol. The van der Waals surface area contributed by atoms with Crippen LogP contribution in [-0.2, 0) is 4.79 Å². The van der Waals surface area contributed by atoms with Crippen LogP contribution in [0.25, 0.3) is 0 Å². The summed E-state index contributed by atoms with van der Waals surface area (Å²) in [7, 11) is 1.60. The number of halogens is 2. The van der Waals surface area contributed by atoms with E-state index in [1.165, 1.54) is 0 Å². The Morgan fingerprint density at radius 3 is 2.05 bits per heavy atom. The third kappa shape index (κ3) is 3.81. The largest absolute Gasteiger partial charge is 0.497 e. The zero-order valence-corrected chi connectivity index (χ0v) is 15.1. The maximum absolute atomic E-state index is 11.1. The van der Waals surface area contributed by atoms with E-state index in [1.807, 2.05) is 0 Å². The van der Waals surface area contributed by atoms with Crippen molar-refractivity contribution in [1.29, 1.82) is 0 Å². The van der Waals surface area contributed by atoms with Gasteiger partial charge < -0.3 is 14.6 Å². The molecule has 0 amide bonds. The number of hydrogen-bond donors (Lipinski definition) is 1. The quantitative estimate of drug-likeness (QED) is 0.709. The van der Waals surface area contributed by atoms with E-state index >= 15 is 0 Å². The second-order valence-corrected chi connectivity index (χ2v) is 6.36. The van der Waals surface area contributed by atoms with E-state index in [0.717, 1.165) is 5.75 Å². The minimum absolute atomic E-state index is 0.589. The Kier molecular flexibility index (Phi) is 5.47. The van der Waals surface area contributed by atoms with Crippen LogP contribution < -0.4 is 9.47 Å². The molecule has 0 aromatic heterocycles. The molecule has 116 valence electrons. The van der Waals surface area contributed by atoms with Crippen LogP contribution in [0, 0.1) is 0 Å². The zero-order chi connectivity index (χ0) is 16.3. The summed E-state index contributed by atoms with van der Waals surface area (Å²) in [5, 5.41) is 9.10. The number of carboxylic acids is 1. The molecule has 0 bridgehead atoms. The topological polar surface area (TPSA) is 55.8 Å². The molecule has 2 aromatic carbocycles. The second kappa shape index (κ2) is 7.15. The van der Waals surface area contributed by atoms with Gasteiger partial charge in [0.2, 0.25) is 0 Å². The molecule has 0 aliphatic carbocycles. The molecule has 4 nitrogen and oxygen atoms in total. The summed E-state index contributed by atoms with van der Waals surface area (Å²) < 4.78 is 12.3. The standard InChI is InChI=1S/C16H14Br2O4/c1-9(16(19)20)10-7-13(17)15(14(18)8-10)22-12-5-3-11(21-2)4-6-12/h3-9H,1-2H3,(H,19,20). The van der Waals surface area contributed by atoms with Gasteiger partial charge in [-0.2, -0.15) is 0 Å². The highest BCUT2D eigenvalue weighted by molar-refractivity contribution is 9.11. The van der Waals surface area contributed by atoms with E-state index in [0.29, 0.717) is 26.0 Å². The lowest BCUT2D eigenvalue weighted by Crippen LogP contribution is -2.07. The smallest absolute Gasteiger partial charge is 0.310 e. The van der Waals surface area contributed by atoms with Crippen LogP contribution >= 0.6 is 31.9 Å². The lowest BCUT2D eigenvalue weighted by atomic mass is 10.0. The van der Waals surface area contributed by atoms with Crippen LogP contribution in [-0.4, -0.2) is 18.2 Å². The van der Waals surface area contributed by atoms with Crippen LogP contribution in [0.2, 0.25) is 0 Å². The summed E-state index contributed by atoms with van der Waals surface area (Å²) >= 11 is 6.86. The summed E-state index contributed by atoms with van der Waals surface area (Å²) in [6.07, 6.45) is 0. The van der Waals surface area contributed by atoms with Crippen LogP contribution in [0.5, 0.6) is 17.2 Å². The number of benzene rings is 2. The molecule has 0 aliphatic heterocycles. The summed E-state index contributed by atoms with van der Waals surface area (Å²) in [4.78, 5) is 11.1. The van der Waals surface area contributed by atoms with Crippen molar-refractivity contribution < 1.29 is 19.4 Å². The first kappa shape index (κ1) is 16.8. The number of ether oxygens (including phenoxy) is 2. The van der Waals surface area contributed by atoms with Crippen molar-refractivity contribution in [2.24, 2.45) is 0 Å². The molecule has 0 radical (unpaired) electrons. The van der Waals surface area contributed by atoms with Gasteiger partial charge in [-0.3, -0.25) is 4.79 Å². The molecule has 1 atom stereocenters. The number of methoxy groups -OCH3 is 1. The highest BCUT2D eigenvalue weighted by Gasteiger charge is 2.18. The van der Waals surface area contributed by atoms with Crippen molar-refractivity contribution in [2.45, 2.75) is 12.8 Å². The Labute approximate surface area is 145 Å². The van der Waals surface area contributed by atoms with Gasteiger partial charge in [0.25, 0.3) is 0 Å². The maximum atomic E-state index is 11.1. The fraction of sp³-hybridized carbons (Fsp3) is 0.188.